The molecule has 0 saturated carbocycles. The molecular weight excluding hydrogens is 512 g/mol. The van der Waals surface area contributed by atoms with Gasteiger partial charge in [0.05, 0.1) is 31.1 Å². The van der Waals surface area contributed by atoms with Crippen molar-refractivity contribution in [1.82, 2.24) is 0 Å². The van der Waals surface area contributed by atoms with E-state index in [1.165, 1.54) is 0 Å². The number of hydrogen-bond donors (Lipinski definition) is 1. The summed E-state index contributed by atoms with van der Waals surface area (Å²) in [4.78, 5) is 30.5. The summed E-state index contributed by atoms with van der Waals surface area (Å²) in [5.41, 5.74) is 5.32. The predicted molar refractivity (Wildman–Crippen MR) is 161 cm³/mol. The third kappa shape index (κ3) is 4.97. The Labute approximate surface area is 240 Å². The van der Waals surface area contributed by atoms with Crippen molar-refractivity contribution >= 4 is 23.1 Å². The normalized spacial score (nSPS) is 18.1. The number of methoxy groups -OCH3 is 1. The summed E-state index contributed by atoms with van der Waals surface area (Å²) < 4.78 is 11.4. The molecule has 206 valence electrons. The number of nitrogens with one attached hydrogen (secondary N) is 1. The van der Waals surface area contributed by atoms with Gasteiger partial charge in [-0.25, -0.2) is 0 Å². The van der Waals surface area contributed by atoms with Gasteiger partial charge < -0.3 is 14.8 Å². The van der Waals surface area contributed by atoms with Crippen LogP contribution in [0.2, 0.25) is 0 Å². The SMILES string of the molecule is CCOc1ccccc1[C@@H]1C2=C(C[C@H](c3ccc(OC)cc3)CC2=O)Nc2ccccc2N1C(=O)c1ccccc1. The Kier molecular flexibility index (Phi) is 7.30. The Balaban J connectivity index is 1.56. The molecule has 0 bridgehead atoms. The van der Waals surface area contributed by atoms with Crippen molar-refractivity contribution in [2.24, 2.45) is 0 Å². The molecule has 0 fully saturated rings. The van der Waals surface area contributed by atoms with Crippen LogP contribution in [0, 0.1) is 0 Å². The van der Waals surface area contributed by atoms with E-state index >= 15 is 0 Å². The summed E-state index contributed by atoms with van der Waals surface area (Å²) in [6.45, 7) is 2.40. The number of rotatable bonds is 6. The lowest BCUT2D eigenvalue weighted by molar-refractivity contribution is -0.116. The fourth-order valence-corrected chi connectivity index (χ4v) is 5.93. The zero-order valence-electron chi connectivity index (χ0n) is 23.2. The molecular formula is C35H32N2O4. The fourth-order valence-electron chi connectivity index (χ4n) is 5.93. The van der Waals surface area contributed by atoms with Crippen molar-refractivity contribution in [1.29, 1.82) is 0 Å². The highest BCUT2D eigenvalue weighted by Gasteiger charge is 2.42. The minimum atomic E-state index is -0.680. The third-order valence-electron chi connectivity index (χ3n) is 7.83. The van der Waals surface area contributed by atoms with Crippen molar-refractivity contribution < 1.29 is 19.1 Å². The summed E-state index contributed by atoms with van der Waals surface area (Å²) in [5.74, 6) is 1.25. The molecule has 0 unspecified atom stereocenters. The largest absolute Gasteiger partial charge is 0.497 e. The maximum absolute atomic E-state index is 14.4. The molecule has 6 heteroatoms. The molecule has 4 aromatic rings. The number of anilines is 2. The van der Waals surface area contributed by atoms with E-state index in [1.54, 1.807) is 12.0 Å². The number of ketones is 1. The number of carbonyl (C=O) groups is 2. The molecule has 1 N–H and O–H groups in total. The molecule has 0 radical (unpaired) electrons. The van der Waals surface area contributed by atoms with E-state index in [-0.39, 0.29) is 17.6 Å². The third-order valence-corrected chi connectivity index (χ3v) is 7.83. The van der Waals surface area contributed by atoms with Crippen molar-refractivity contribution in [3.63, 3.8) is 0 Å². The number of amides is 1. The zero-order chi connectivity index (χ0) is 28.3. The van der Waals surface area contributed by atoms with E-state index in [9.17, 15) is 9.59 Å². The lowest BCUT2D eigenvalue weighted by atomic mass is 9.78. The maximum Gasteiger partial charge on any atom is 0.259 e. The molecule has 1 amide bonds. The predicted octanol–water partition coefficient (Wildman–Crippen LogP) is 7.31. The summed E-state index contributed by atoms with van der Waals surface area (Å²) in [7, 11) is 1.64. The van der Waals surface area contributed by atoms with Gasteiger partial charge in [0.15, 0.2) is 5.78 Å². The standard InChI is InChI=1S/C35H32N2O4/c1-3-41-32-16-10-7-13-27(32)34-33-29(21-25(22-31(33)38)23-17-19-26(40-2)20-18-23)36-28-14-8-9-15-30(28)37(34)35(39)24-11-5-4-6-12-24/h4-20,25,34,36H,3,21-22H2,1-2H3/t25-,34+/m0/s1. The van der Waals surface area contributed by atoms with Gasteiger partial charge >= 0.3 is 0 Å². The second-order valence-electron chi connectivity index (χ2n) is 10.3. The van der Waals surface area contributed by atoms with Crippen molar-refractivity contribution in [3.8, 4) is 11.5 Å². The highest BCUT2D eigenvalue weighted by atomic mass is 16.5. The van der Waals surface area contributed by atoms with Crippen LogP contribution in [-0.4, -0.2) is 25.4 Å². The number of para-hydroxylation sites is 3. The Morgan fingerprint density at radius 2 is 1.59 bits per heavy atom. The van der Waals surface area contributed by atoms with Gasteiger partial charge in [-0.15, -0.1) is 0 Å². The van der Waals surface area contributed by atoms with Gasteiger partial charge in [-0.2, -0.15) is 0 Å². The van der Waals surface area contributed by atoms with Gasteiger partial charge in [-0.3, -0.25) is 14.5 Å². The van der Waals surface area contributed by atoms with E-state index in [4.69, 9.17) is 9.47 Å². The first-order valence-electron chi connectivity index (χ1n) is 14.0. The van der Waals surface area contributed by atoms with Crippen LogP contribution >= 0.6 is 0 Å². The first-order chi connectivity index (χ1) is 20.1. The van der Waals surface area contributed by atoms with Crippen molar-refractivity contribution in [3.05, 3.63) is 131 Å². The summed E-state index contributed by atoms with van der Waals surface area (Å²) in [6, 6.07) is 31.9. The molecule has 1 heterocycles. The average molecular weight is 545 g/mol. The van der Waals surface area contributed by atoms with Crippen LogP contribution in [0.3, 0.4) is 0 Å². The fraction of sp³-hybridized carbons (Fsp3) is 0.200. The van der Waals surface area contributed by atoms with Crippen LogP contribution in [-0.2, 0) is 4.79 Å². The smallest absolute Gasteiger partial charge is 0.259 e. The summed E-state index contributed by atoms with van der Waals surface area (Å²) in [6.07, 6.45) is 0.965. The molecule has 2 atom stereocenters. The lowest BCUT2D eigenvalue weighted by Crippen LogP contribution is -2.38. The number of ether oxygens (including phenoxy) is 2. The average Bonchev–Trinajstić information content (AvgIpc) is 3.16. The van der Waals surface area contributed by atoms with Crippen LogP contribution in [0.25, 0.3) is 0 Å². The van der Waals surface area contributed by atoms with E-state index in [2.05, 4.69) is 5.32 Å². The molecule has 1 aliphatic carbocycles. The topological polar surface area (TPSA) is 67.9 Å². The Bertz CT molecular complexity index is 1610. The van der Waals surface area contributed by atoms with Gasteiger partial charge in [0.1, 0.15) is 11.5 Å². The second-order valence-corrected chi connectivity index (χ2v) is 10.3. The number of hydrogen-bond acceptors (Lipinski definition) is 5. The molecule has 41 heavy (non-hydrogen) atoms. The van der Waals surface area contributed by atoms with Crippen molar-refractivity contribution in [2.75, 3.05) is 23.9 Å². The molecule has 0 saturated heterocycles. The van der Waals surface area contributed by atoms with Crippen LogP contribution < -0.4 is 19.7 Å². The second kappa shape index (κ2) is 11.3. The van der Waals surface area contributed by atoms with Gasteiger partial charge in [-0.1, -0.05) is 60.7 Å². The molecule has 0 aromatic heterocycles. The van der Waals surface area contributed by atoms with E-state index < -0.39 is 6.04 Å². The number of carbonyl (C=O) groups excluding carboxylic acids is 2. The minimum Gasteiger partial charge on any atom is -0.497 e. The Morgan fingerprint density at radius 3 is 2.34 bits per heavy atom. The first-order valence-corrected chi connectivity index (χ1v) is 14.0. The molecule has 1 aliphatic heterocycles. The van der Waals surface area contributed by atoms with Crippen LogP contribution in [0.15, 0.2) is 114 Å². The van der Waals surface area contributed by atoms with Crippen LogP contribution in [0.1, 0.15) is 53.2 Å². The summed E-state index contributed by atoms with van der Waals surface area (Å²) >= 11 is 0. The zero-order valence-corrected chi connectivity index (χ0v) is 23.2. The first kappa shape index (κ1) is 26.4. The molecule has 6 rings (SSSR count). The minimum absolute atomic E-state index is 0.00835. The number of Topliss-reactive ketones (excluding diaryl/α,β-unsaturated/α-hetero) is 1. The quantitative estimate of drug-likeness (QED) is 0.276. The lowest BCUT2D eigenvalue weighted by Gasteiger charge is -2.35. The van der Waals surface area contributed by atoms with Crippen LogP contribution in [0.4, 0.5) is 11.4 Å². The molecule has 4 aromatic carbocycles. The van der Waals surface area contributed by atoms with Gasteiger partial charge in [-0.05, 0) is 67.3 Å². The van der Waals surface area contributed by atoms with Gasteiger partial charge in [0.2, 0.25) is 0 Å². The number of fused-ring (bicyclic) bond motifs is 1. The highest BCUT2D eigenvalue weighted by molar-refractivity contribution is 6.12. The molecule has 6 nitrogen and oxygen atoms in total. The Morgan fingerprint density at radius 1 is 0.878 bits per heavy atom. The highest BCUT2D eigenvalue weighted by Crippen LogP contribution is 2.49. The number of allylic oxidation sites excluding steroid dienone is 1. The van der Waals surface area contributed by atoms with Gasteiger partial charge in [0.25, 0.3) is 5.91 Å². The monoisotopic (exact) mass is 544 g/mol. The van der Waals surface area contributed by atoms with E-state index in [0.717, 1.165) is 28.3 Å². The molecule has 2 aliphatic rings. The number of benzene rings is 4. The number of nitrogens with zero attached hydrogens (tertiary/aromatic N) is 1. The maximum atomic E-state index is 14.4. The van der Waals surface area contributed by atoms with E-state index in [0.29, 0.717) is 42.0 Å². The summed E-state index contributed by atoms with van der Waals surface area (Å²) in [5, 5.41) is 3.60. The van der Waals surface area contributed by atoms with E-state index in [1.807, 2.05) is 110 Å². The molecule has 0 spiro atoms. The van der Waals surface area contributed by atoms with Crippen molar-refractivity contribution in [2.45, 2.75) is 31.7 Å². The Hall–Kier alpha value is -4.84. The van der Waals surface area contributed by atoms with Gasteiger partial charge in [0, 0.05) is 28.8 Å². The van der Waals surface area contributed by atoms with Crippen LogP contribution in [0.5, 0.6) is 11.5 Å².